The minimum atomic E-state index is -0.260. The zero-order chi connectivity index (χ0) is 19.8. The smallest absolute Gasteiger partial charge is 0.255 e. The summed E-state index contributed by atoms with van der Waals surface area (Å²) in [5.41, 5.74) is 1.64. The molecule has 1 N–H and O–H groups in total. The number of hydrogen-bond donors (Lipinski definition) is 1. The molecular formula is C21H26N2O4. The molecule has 2 rings (SSSR count). The molecule has 0 fully saturated rings. The van der Waals surface area contributed by atoms with Gasteiger partial charge in [0.05, 0.1) is 13.2 Å². The average Bonchev–Trinajstić information content (AvgIpc) is 2.67. The second kappa shape index (κ2) is 9.62. The Balaban J connectivity index is 2.13. The van der Waals surface area contributed by atoms with Gasteiger partial charge in [-0.05, 0) is 55.8 Å². The molecule has 0 saturated carbocycles. The van der Waals surface area contributed by atoms with Crippen molar-refractivity contribution in [2.24, 2.45) is 0 Å². The van der Waals surface area contributed by atoms with Crippen LogP contribution in [0.15, 0.2) is 42.5 Å². The molecule has 27 heavy (non-hydrogen) atoms. The largest absolute Gasteiger partial charge is 0.490 e. The molecule has 2 aromatic rings. The van der Waals surface area contributed by atoms with Gasteiger partial charge < -0.3 is 19.7 Å². The number of ether oxygens (including phenoxy) is 2. The summed E-state index contributed by atoms with van der Waals surface area (Å²) in [5, 5.41) is 2.83. The molecule has 0 bridgehead atoms. The summed E-state index contributed by atoms with van der Waals surface area (Å²) in [6, 6.07) is 11.9. The van der Waals surface area contributed by atoms with Gasteiger partial charge in [0.25, 0.3) is 11.8 Å². The Kier molecular flexibility index (Phi) is 7.23. The van der Waals surface area contributed by atoms with Crippen molar-refractivity contribution in [3.8, 4) is 11.5 Å². The fraction of sp³-hybridized carbons (Fsp3) is 0.333. The van der Waals surface area contributed by atoms with Crippen LogP contribution in [0, 0.1) is 0 Å². The van der Waals surface area contributed by atoms with Crippen molar-refractivity contribution in [1.82, 2.24) is 4.90 Å². The highest BCUT2D eigenvalue weighted by molar-refractivity contribution is 6.05. The summed E-state index contributed by atoms with van der Waals surface area (Å²) >= 11 is 0. The monoisotopic (exact) mass is 370 g/mol. The van der Waals surface area contributed by atoms with E-state index in [1.165, 1.54) is 4.90 Å². The number of carbonyl (C=O) groups is 2. The van der Waals surface area contributed by atoms with Crippen molar-refractivity contribution >= 4 is 17.5 Å². The van der Waals surface area contributed by atoms with E-state index >= 15 is 0 Å². The Morgan fingerprint density at radius 2 is 1.59 bits per heavy atom. The van der Waals surface area contributed by atoms with Crippen LogP contribution in [0.1, 0.15) is 41.0 Å². The topological polar surface area (TPSA) is 67.9 Å². The van der Waals surface area contributed by atoms with Crippen LogP contribution in [-0.4, -0.2) is 44.0 Å². The third-order valence-corrected chi connectivity index (χ3v) is 3.76. The zero-order valence-electron chi connectivity index (χ0n) is 16.2. The number of nitrogens with one attached hydrogen (secondary N) is 1. The molecule has 0 saturated heterocycles. The highest BCUT2D eigenvalue weighted by atomic mass is 16.5. The van der Waals surface area contributed by atoms with E-state index in [4.69, 9.17) is 9.47 Å². The lowest BCUT2D eigenvalue weighted by Crippen LogP contribution is -2.21. The van der Waals surface area contributed by atoms with E-state index in [9.17, 15) is 9.59 Å². The van der Waals surface area contributed by atoms with E-state index in [1.54, 1.807) is 56.6 Å². The van der Waals surface area contributed by atoms with Crippen LogP contribution < -0.4 is 14.8 Å². The van der Waals surface area contributed by atoms with Gasteiger partial charge in [0.2, 0.25) is 0 Å². The van der Waals surface area contributed by atoms with Gasteiger partial charge in [-0.1, -0.05) is 6.92 Å². The van der Waals surface area contributed by atoms with E-state index in [2.05, 4.69) is 5.32 Å². The number of nitrogens with zero attached hydrogens (tertiary/aromatic N) is 1. The third-order valence-electron chi connectivity index (χ3n) is 3.76. The molecule has 2 aromatic carbocycles. The molecule has 0 radical (unpaired) electrons. The molecule has 0 aliphatic heterocycles. The average molecular weight is 370 g/mol. The number of hydrogen-bond acceptors (Lipinski definition) is 4. The molecule has 0 aliphatic carbocycles. The van der Waals surface area contributed by atoms with Crippen LogP contribution in [0.4, 0.5) is 5.69 Å². The van der Waals surface area contributed by atoms with Crippen molar-refractivity contribution in [3.63, 3.8) is 0 Å². The predicted molar refractivity (Wildman–Crippen MR) is 106 cm³/mol. The van der Waals surface area contributed by atoms with Gasteiger partial charge in [0, 0.05) is 30.9 Å². The van der Waals surface area contributed by atoms with E-state index in [0.29, 0.717) is 41.5 Å². The molecule has 0 heterocycles. The van der Waals surface area contributed by atoms with Gasteiger partial charge in [-0.25, -0.2) is 0 Å². The summed E-state index contributed by atoms with van der Waals surface area (Å²) in [6.45, 7) is 4.98. The van der Waals surface area contributed by atoms with E-state index < -0.39 is 0 Å². The lowest BCUT2D eigenvalue weighted by atomic mass is 10.1. The number of rotatable bonds is 8. The quantitative estimate of drug-likeness (QED) is 0.767. The second-order valence-corrected chi connectivity index (χ2v) is 6.17. The maximum absolute atomic E-state index is 12.5. The summed E-state index contributed by atoms with van der Waals surface area (Å²) in [6.07, 6.45) is 0.889. The van der Waals surface area contributed by atoms with Gasteiger partial charge in [0.1, 0.15) is 0 Å². The second-order valence-electron chi connectivity index (χ2n) is 6.17. The van der Waals surface area contributed by atoms with Crippen LogP contribution in [-0.2, 0) is 0 Å². The molecule has 0 unspecified atom stereocenters. The van der Waals surface area contributed by atoms with Crippen molar-refractivity contribution in [2.45, 2.75) is 20.3 Å². The van der Waals surface area contributed by atoms with Gasteiger partial charge in [-0.2, -0.15) is 0 Å². The van der Waals surface area contributed by atoms with Gasteiger partial charge in [-0.15, -0.1) is 0 Å². The number of amides is 2. The van der Waals surface area contributed by atoms with Crippen molar-refractivity contribution < 1.29 is 19.1 Å². The lowest BCUT2D eigenvalue weighted by molar-refractivity contribution is 0.0827. The molecule has 6 nitrogen and oxygen atoms in total. The minimum absolute atomic E-state index is 0.0862. The predicted octanol–water partition coefficient (Wildman–Crippen LogP) is 3.83. The van der Waals surface area contributed by atoms with Crippen molar-refractivity contribution in [1.29, 1.82) is 0 Å². The summed E-state index contributed by atoms with van der Waals surface area (Å²) in [4.78, 5) is 26.0. The first-order valence-electron chi connectivity index (χ1n) is 8.99. The van der Waals surface area contributed by atoms with E-state index in [1.807, 2.05) is 13.8 Å². The summed E-state index contributed by atoms with van der Waals surface area (Å²) in [5.74, 6) is 0.828. The van der Waals surface area contributed by atoms with Crippen LogP contribution in [0.3, 0.4) is 0 Å². The zero-order valence-corrected chi connectivity index (χ0v) is 16.2. The van der Waals surface area contributed by atoms with Gasteiger partial charge >= 0.3 is 0 Å². The summed E-state index contributed by atoms with van der Waals surface area (Å²) in [7, 11) is 3.39. The fourth-order valence-electron chi connectivity index (χ4n) is 2.41. The normalized spacial score (nSPS) is 10.2. The minimum Gasteiger partial charge on any atom is -0.490 e. The number of carbonyl (C=O) groups excluding carboxylic acids is 2. The highest BCUT2D eigenvalue weighted by Crippen LogP contribution is 2.29. The Labute approximate surface area is 160 Å². The molecular weight excluding hydrogens is 344 g/mol. The fourth-order valence-corrected chi connectivity index (χ4v) is 2.41. The molecule has 0 aliphatic rings. The van der Waals surface area contributed by atoms with E-state index in [-0.39, 0.29) is 11.8 Å². The van der Waals surface area contributed by atoms with Gasteiger partial charge in [0.15, 0.2) is 11.5 Å². The molecule has 0 aromatic heterocycles. The Hall–Kier alpha value is -3.02. The van der Waals surface area contributed by atoms with Crippen LogP contribution in [0.2, 0.25) is 0 Å². The molecule has 0 atom stereocenters. The highest BCUT2D eigenvalue weighted by Gasteiger charge is 2.13. The Morgan fingerprint density at radius 1 is 0.926 bits per heavy atom. The molecule has 0 spiro atoms. The third kappa shape index (κ3) is 5.48. The molecule has 6 heteroatoms. The Bertz CT molecular complexity index is 785. The van der Waals surface area contributed by atoms with Crippen LogP contribution in [0.5, 0.6) is 11.5 Å². The number of anilines is 1. The first-order valence-corrected chi connectivity index (χ1v) is 8.99. The first-order chi connectivity index (χ1) is 13.0. The lowest BCUT2D eigenvalue weighted by Gasteiger charge is -2.13. The maximum Gasteiger partial charge on any atom is 0.255 e. The molecule has 2 amide bonds. The van der Waals surface area contributed by atoms with Crippen LogP contribution in [0.25, 0.3) is 0 Å². The van der Waals surface area contributed by atoms with Crippen molar-refractivity contribution in [2.75, 3.05) is 32.6 Å². The number of benzene rings is 2. The standard InChI is InChI=1S/C21H26N2O4/c1-5-13-27-18-12-9-16(14-19(18)26-6-2)20(24)22-17-10-7-15(8-11-17)21(25)23(3)4/h7-12,14H,5-6,13H2,1-4H3,(H,22,24). The van der Waals surface area contributed by atoms with Crippen LogP contribution >= 0.6 is 0 Å². The van der Waals surface area contributed by atoms with Crippen molar-refractivity contribution in [3.05, 3.63) is 53.6 Å². The first kappa shape index (κ1) is 20.3. The maximum atomic E-state index is 12.5. The Morgan fingerprint density at radius 3 is 2.19 bits per heavy atom. The van der Waals surface area contributed by atoms with Gasteiger partial charge in [-0.3, -0.25) is 9.59 Å². The summed E-state index contributed by atoms with van der Waals surface area (Å²) < 4.78 is 11.2. The molecule has 144 valence electrons. The SMILES string of the molecule is CCCOc1ccc(C(=O)Nc2ccc(C(=O)N(C)C)cc2)cc1OCC. The van der Waals surface area contributed by atoms with E-state index in [0.717, 1.165) is 6.42 Å².